The SMILES string of the molecule is CSCCCCNCCCC(C)C. The van der Waals surface area contributed by atoms with Gasteiger partial charge in [-0.1, -0.05) is 13.8 Å². The molecule has 0 radical (unpaired) electrons. The molecule has 2 heteroatoms. The first kappa shape index (κ1) is 13.3. The maximum absolute atomic E-state index is 3.49. The van der Waals surface area contributed by atoms with E-state index >= 15 is 0 Å². The van der Waals surface area contributed by atoms with Crippen LogP contribution in [0, 0.1) is 5.92 Å². The number of unbranched alkanes of at least 4 members (excludes halogenated alkanes) is 1. The predicted octanol–water partition coefficient (Wildman–Crippen LogP) is 3.16. The summed E-state index contributed by atoms with van der Waals surface area (Å²) in [5.74, 6) is 2.17. The van der Waals surface area contributed by atoms with Gasteiger partial charge in [-0.25, -0.2) is 0 Å². The van der Waals surface area contributed by atoms with Gasteiger partial charge in [0, 0.05) is 0 Å². The quantitative estimate of drug-likeness (QED) is 0.578. The lowest BCUT2D eigenvalue weighted by molar-refractivity contribution is 0.523. The second-order valence-electron chi connectivity index (χ2n) is 3.99. The first-order valence-corrected chi connectivity index (χ1v) is 6.86. The number of nitrogens with one attached hydrogen (secondary N) is 1. The maximum Gasteiger partial charge on any atom is -0.00486 e. The van der Waals surface area contributed by atoms with E-state index in [1.54, 1.807) is 0 Å². The summed E-state index contributed by atoms with van der Waals surface area (Å²) in [5, 5.41) is 3.49. The van der Waals surface area contributed by atoms with Crippen molar-refractivity contribution in [3.8, 4) is 0 Å². The van der Waals surface area contributed by atoms with E-state index in [0.29, 0.717) is 0 Å². The van der Waals surface area contributed by atoms with Gasteiger partial charge in [-0.15, -0.1) is 0 Å². The minimum absolute atomic E-state index is 0.860. The van der Waals surface area contributed by atoms with Crippen molar-refractivity contribution in [1.82, 2.24) is 5.32 Å². The molecular weight excluding hydrogens is 178 g/mol. The third-order valence-electron chi connectivity index (χ3n) is 2.09. The molecular formula is C11H25NS. The van der Waals surface area contributed by atoms with E-state index in [1.807, 2.05) is 11.8 Å². The zero-order valence-corrected chi connectivity index (χ0v) is 10.3. The highest BCUT2D eigenvalue weighted by atomic mass is 32.2. The van der Waals surface area contributed by atoms with Crippen molar-refractivity contribution in [3.63, 3.8) is 0 Å². The minimum atomic E-state index is 0.860. The van der Waals surface area contributed by atoms with Crippen LogP contribution in [0.4, 0.5) is 0 Å². The molecule has 0 saturated carbocycles. The van der Waals surface area contributed by atoms with Crippen molar-refractivity contribution >= 4 is 11.8 Å². The van der Waals surface area contributed by atoms with E-state index in [9.17, 15) is 0 Å². The van der Waals surface area contributed by atoms with Crippen LogP contribution in [0.1, 0.15) is 39.5 Å². The van der Waals surface area contributed by atoms with E-state index in [-0.39, 0.29) is 0 Å². The molecule has 0 aromatic heterocycles. The van der Waals surface area contributed by atoms with E-state index in [2.05, 4.69) is 25.4 Å². The van der Waals surface area contributed by atoms with Crippen LogP contribution in [-0.2, 0) is 0 Å². The van der Waals surface area contributed by atoms with Gasteiger partial charge in [-0.2, -0.15) is 11.8 Å². The Morgan fingerprint density at radius 1 is 1.08 bits per heavy atom. The highest BCUT2D eigenvalue weighted by Gasteiger charge is 1.93. The van der Waals surface area contributed by atoms with Gasteiger partial charge in [0.05, 0.1) is 0 Å². The summed E-state index contributed by atoms with van der Waals surface area (Å²) in [6.07, 6.45) is 7.56. The van der Waals surface area contributed by atoms with Crippen LogP contribution in [0.5, 0.6) is 0 Å². The fourth-order valence-corrected chi connectivity index (χ4v) is 1.75. The smallest absolute Gasteiger partial charge is 0.00486 e. The number of thioether (sulfide) groups is 1. The van der Waals surface area contributed by atoms with E-state index in [4.69, 9.17) is 0 Å². The third kappa shape index (κ3) is 12.3. The first-order chi connectivity index (χ1) is 6.27. The van der Waals surface area contributed by atoms with Crippen molar-refractivity contribution in [2.45, 2.75) is 39.5 Å². The maximum atomic E-state index is 3.49. The Morgan fingerprint density at radius 3 is 2.38 bits per heavy atom. The summed E-state index contributed by atoms with van der Waals surface area (Å²) in [7, 11) is 0. The highest BCUT2D eigenvalue weighted by Crippen LogP contribution is 2.02. The first-order valence-electron chi connectivity index (χ1n) is 5.47. The van der Waals surface area contributed by atoms with Gasteiger partial charge in [0.15, 0.2) is 0 Å². The summed E-state index contributed by atoms with van der Waals surface area (Å²) in [6, 6.07) is 0. The van der Waals surface area contributed by atoms with Crippen LogP contribution in [-0.4, -0.2) is 25.1 Å². The molecule has 0 aromatic carbocycles. The molecule has 0 atom stereocenters. The summed E-state index contributed by atoms with van der Waals surface area (Å²) in [4.78, 5) is 0. The fraction of sp³-hybridized carbons (Fsp3) is 1.00. The van der Waals surface area contributed by atoms with E-state index in [1.165, 1.54) is 44.5 Å². The molecule has 0 aliphatic heterocycles. The molecule has 0 aromatic rings. The molecule has 1 N–H and O–H groups in total. The third-order valence-corrected chi connectivity index (χ3v) is 2.78. The Bertz CT molecular complexity index is 94.1. The second kappa shape index (κ2) is 10.4. The largest absolute Gasteiger partial charge is 0.317 e. The number of rotatable bonds is 9. The molecule has 0 spiro atoms. The lowest BCUT2D eigenvalue weighted by atomic mass is 10.1. The van der Waals surface area contributed by atoms with Crippen LogP contribution >= 0.6 is 11.8 Å². The molecule has 0 fully saturated rings. The van der Waals surface area contributed by atoms with Gasteiger partial charge < -0.3 is 5.32 Å². The standard InChI is InChI=1S/C11H25NS/c1-11(2)7-6-9-12-8-4-5-10-13-3/h11-12H,4-10H2,1-3H3. The van der Waals surface area contributed by atoms with Crippen LogP contribution in [0.25, 0.3) is 0 Å². The Balaban J connectivity index is 2.84. The van der Waals surface area contributed by atoms with Crippen LogP contribution < -0.4 is 5.32 Å². The topological polar surface area (TPSA) is 12.0 Å². The van der Waals surface area contributed by atoms with Crippen molar-refractivity contribution in [3.05, 3.63) is 0 Å². The van der Waals surface area contributed by atoms with Crippen LogP contribution in [0.3, 0.4) is 0 Å². The Labute approximate surface area is 88.1 Å². The summed E-state index contributed by atoms with van der Waals surface area (Å²) in [5.41, 5.74) is 0. The number of hydrogen-bond acceptors (Lipinski definition) is 2. The van der Waals surface area contributed by atoms with Gasteiger partial charge in [0.25, 0.3) is 0 Å². The predicted molar refractivity (Wildman–Crippen MR) is 64.6 cm³/mol. The Hall–Kier alpha value is 0.310. The molecule has 0 bridgehead atoms. The summed E-state index contributed by atoms with van der Waals surface area (Å²) < 4.78 is 0. The van der Waals surface area contributed by atoms with Gasteiger partial charge >= 0.3 is 0 Å². The van der Waals surface area contributed by atoms with Crippen molar-refractivity contribution in [1.29, 1.82) is 0 Å². The van der Waals surface area contributed by atoms with Crippen molar-refractivity contribution < 1.29 is 0 Å². The van der Waals surface area contributed by atoms with Gasteiger partial charge in [0.2, 0.25) is 0 Å². The molecule has 0 saturated heterocycles. The minimum Gasteiger partial charge on any atom is -0.317 e. The molecule has 80 valence electrons. The lowest BCUT2D eigenvalue weighted by Crippen LogP contribution is -2.17. The normalized spacial score (nSPS) is 11.1. The van der Waals surface area contributed by atoms with Crippen LogP contribution in [0.15, 0.2) is 0 Å². The molecule has 0 rings (SSSR count). The molecule has 13 heavy (non-hydrogen) atoms. The monoisotopic (exact) mass is 203 g/mol. The van der Waals surface area contributed by atoms with Crippen molar-refractivity contribution in [2.24, 2.45) is 5.92 Å². The highest BCUT2D eigenvalue weighted by molar-refractivity contribution is 7.98. The van der Waals surface area contributed by atoms with Gasteiger partial charge in [-0.05, 0) is 56.7 Å². The average Bonchev–Trinajstić information content (AvgIpc) is 2.09. The zero-order valence-electron chi connectivity index (χ0n) is 9.44. The molecule has 0 aliphatic carbocycles. The van der Waals surface area contributed by atoms with Crippen molar-refractivity contribution in [2.75, 3.05) is 25.1 Å². The molecule has 0 aliphatic rings. The molecule has 0 heterocycles. The van der Waals surface area contributed by atoms with Gasteiger partial charge in [0.1, 0.15) is 0 Å². The van der Waals surface area contributed by atoms with E-state index < -0.39 is 0 Å². The fourth-order valence-electron chi connectivity index (χ4n) is 1.26. The molecule has 1 nitrogen and oxygen atoms in total. The lowest BCUT2D eigenvalue weighted by Gasteiger charge is -2.05. The number of hydrogen-bond donors (Lipinski definition) is 1. The van der Waals surface area contributed by atoms with E-state index in [0.717, 1.165) is 5.92 Å². The Morgan fingerprint density at radius 2 is 1.77 bits per heavy atom. The second-order valence-corrected chi connectivity index (χ2v) is 4.97. The zero-order chi connectivity index (χ0) is 9.94. The molecule has 0 unspecified atom stereocenters. The summed E-state index contributed by atoms with van der Waals surface area (Å²) in [6.45, 7) is 6.99. The summed E-state index contributed by atoms with van der Waals surface area (Å²) >= 11 is 1.95. The average molecular weight is 203 g/mol. The van der Waals surface area contributed by atoms with Crippen LogP contribution in [0.2, 0.25) is 0 Å². The Kier molecular flexibility index (Phi) is 10.6. The molecule has 0 amide bonds. The van der Waals surface area contributed by atoms with Gasteiger partial charge in [-0.3, -0.25) is 0 Å².